The van der Waals surface area contributed by atoms with Crippen molar-refractivity contribution < 1.29 is 14.6 Å². The maximum atomic E-state index is 10.8. The van der Waals surface area contributed by atoms with Crippen molar-refractivity contribution in [3.05, 3.63) is 24.3 Å². The Bertz CT molecular complexity index is 297. The molecule has 17 heavy (non-hydrogen) atoms. The van der Waals surface area contributed by atoms with Gasteiger partial charge in [-0.05, 0) is 19.3 Å². The van der Waals surface area contributed by atoms with E-state index in [0.29, 0.717) is 12.8 Å². The Kier molecular flexibility index (Phi) is 9.98. The zero-order valence-electron chi connectivity index (χ0n) is 10.3. The zero-order chi connectivity index (χ0) is 12.9. The molecule has 0 aliphatic rings. The van der Waals surface area contributed by atoms with Crippen LogP contribution in [0.1, 0.15) is 32.1 Å². The van der Waals surface area contributed by atoms with E-state index in [1.54, 1.807) is 12.2 Å². The van der Waals surface area contributed by atoms with Crippen molar-refractivity contribution >= 4 is 5.97 Å². The number of rotatable bonds is 8. The van der Waals surface area contributed by atoms with Gasteiger partial charge < -0.3 is 9.84 Å². The fourth-order valence-corrected chi connectivity index (χ4v) is 1.19. The summed E-state index contributed by atoms with van der Waals surface area (Å²) >= 11 is 0. The number of aliphatic hydroxyl groups is 1. The second kappa shape index (κ2) is 11.0. The number of methoxy groups -OCH3 is 1. The molecule has 0 unspecified atom stereocenters. The number of allylic oxidation sites excluding steroid dienone is 3. The van der Waals surface area contributed by atoms with E-state index < -0.39 is 6.10 Å². The molecule has 0 radical (unpaired) electrons. The first-order valence-electron chi connectivity index (χ1n) is 5.72. The Labute approximate surface area is 103 Å². The maximum Gasteiger partial charge on any atom is 0.305 e. The van der Waals surface area contributed by atoms with Crippen molar-refractivity contribution in [3.63, 3.8) is 0 Å². The minimum atomic E-state index is -0.566. The minimum Gasteiger partial charge on any atom is -0.469 e. The molecule has 94 valence electrons. The summed E-state index contributed by atoms with van der Waals surface area (Å²) < 4.78 is 4.53. The van der Waals surface area contributed by atoms with E-state index in [0.717, 1.165) is 19.3 Å². The van der Waals surface area contributed by atoms with Crippen molar-refractivity contribution in [2.24, 2.45) is 0 Å². The van der Waals surface area contributed by atoms with Gasteiger partial charge in [0.25, 0.3) is 0 Å². The normalized spacial score (nSPS) is 12.8. The zero-order valence-corrected chi connectivity index (χ0v) is 10.3. The first-order valence-corrected chi connectivity index (χ1v) is 5.72. The van der Waals surface area contributed by atoms with Gasteiger partial charge in [-0.25, -0.2) is 0 Å². The number of hydrogen-bond acceptors (Lipinski definition) is 3. The van der Waals surface area contributed by atoms with Gasteiger partial charge in [-0.2, -0.15) is 0 Å². The molecule has 0 aliphatic carbocycles. The molecule has 0 aliphatic heterocycles. The highest BCUT2D eigenvalue weighted by atomic mass is 16.5. The minimum absolute atomic E-state index is 0.161. The highest BCUT2D eigenvalue weighted by molar-refractivity contribution is 5.68. The van der Waals surface area contributed by atoms with Gasteiger partial charge in [-0.3, -0.25) is 4.79 Å². The van der Waals surface area contributed by atoms with Crippen LogP contribution in [0.2, 0.25) is 0 Å². The monoisotopic (exact) mass is 236 g/mol. The van der Waals surface area contributed by atoms with Crippen LogP contribution in [0.5, 0.6) is 0 Å². The lowest BCUT2D eigenvalue weighted by Crippen LogP contribution is -1.98. The molecule has 0 spiro atoms. The maximum absolute atomic E-state index is 10.8. The predicted molar refractivity (Wildman–Crippen MR) is 68.2 cm³/mol. The van der Waals surface area contributed by atoms with Gasteiger partial charge in [0.2, 0.25) is 0 Å². The van der Waals surface area contributed by atoms with Crippen LogP contribution < -0.4 is 0 Å². The van der Waals surface area contributed by atoms with Gasteiger partial charge in [-0.15, -0.1) is 12.3 Å². The third kappa shape index (κ3) is 10.7. The van der Waals surface area contributed by atoms with Crippen LogP contribution in [-0.4, -0.2) is 24.3 Å². The molecule has 0 aromatic heterocycles. The second-order valence-corrected chi connectivity index (χ2v) is 3.61. The molecule has 1 N–H and O–H groups in total. The Morgan fingerprint density at radius 1 is 1.47 bits per heavy atom. The smallest absolute Gasteiger partial charge is 0.305 e. The van der Waals surface area contributed by atoms with E-state index in [2.05, 4.69) is 10.7 Å². The summed E-state index contributed by atoms with van der Waals surface area (Å²) in [6, 6.07) is 0. The Morgan fingerprint density at radius 3 is 2.88 bits per heavy atom. The lowest BCUT2D eigenvalue weighted by atomic mass is 10.2. The average molecular weight is 236 g/mol. The van der Waals surface area contributed by atoms with Crippen molar-refractivity contribution in [1.29, 1.82) is 0 Å². The fraction of sp³-hybridized carbons (Fsp3) is 0.500. The highest BCUT2D eigenvalue weighted by Gasteiger charge is 1.97. The van der Waals surface area contributed by atoms with E-state index in [-0.39, 0.29) is 5.97 Å². The standard InChI is InChI=1S/C14H20O3/c1-3-10-13(15)11-8-6-4-5-7-9-12-14(16)17-2/h1,4,6,8,11,13,15H,5,7,9-10,12H2,2H3/b6-4+,11-8+/t13-/m1/s1. The van der Waals surface area contributed by atoms with E-state index in [9.17, 15) is 9.90 Å². The number of unbranched alkanes of at least 4 members (excludes halogenated alkanes) is 2. The van der Waals surface area contributed by atoms with Crippen LogP contribution in [0, 0.1) is 12.3 Å². The van der Waals surface area contributed by atoms with Crippen molar-refractivity contribution in [2.75, 3.05) is 7.11 Å². The fourth-order valence-electron chi connectivity index (χ4n) is 1.19. The van der Waals surface area contributed by atoms with Crippen LogP contribution in [0.4, 0.5) is 0 Å². The Balaban J connectivity index is 3.49. The lowest BCUT2D eigenvalue weighted by molar-refractivity contribution is -0.140. The second-order valence-electron chi connectivity index (χ2n) is 3.61. The van der Waals surface area contributed by atoms with Crippen LogP contribution >= 0.6 is 0 Å². The van der Waals surface area contributed by atoms with Crippen LogP contribution in [0.15, 0.2) is 24.3 Å². The third-order valence-electron chi connectivity index (χ3n) is 2.14. The number of hydrogen-bond donors (Lipinski definition) is 1. The summed E-state index contributed by atoms with van der Waals surface area (Å²) in [5.41, 5.74) is 0. The van der Waals surface area contributed by atoms with Crippen LogP contribution in [0.25, 0.3) is 0 Å². The first-order chi connectivity index (χ1) is 8.20. The number of carbonyl (C=O) groups excluding carboxylic acids is 1. The topological polar surface area (TPSA) is 46.5 Å². The molecule has 0 aromatic rings. The molecule has 0 saturated heterocycles. The summed E-state index contributed by atoms with van der Waals surface area (Å²) in [5, 5.41) is 9.26. The van der Waals surface area contributed by atoms with E-state index >= 15 is 0 Å². The van der Waals surface area contributed by atoms with Crippen molar-refractivity contribution in [1.82, 2.24) is 0 Å². The van der Waals surface area contributed by atoms with Gasteiger partial charge >= 0.3 is 5.97 Å². The van der Waals surface area contributed by atoms with Crippen molar-refractivity contribution in [3.8, 4) is 12.3 Å². The number of ether oxygens (including phenoxy) is 1. The lowest BCUT2D eigenvalue weighted by Gasteiger charge is -1.97. The van der Waals surface area contributed by atoms with Gasteiger partial charge in [-0.1, -0.05) is 24.3 Å². The van der Waals surface area contributed by atoms with E-state index in [4.69, 9.17) is 6.42 Å². The van der Waals surface area contributed by atoms with E-state index in [1.165, 1.54) is 7.11 Å². The molecule has 0 fully saturated rings. The quantitative estimate of drug-likeness (QED) is 0.304. The highest BCUT2D eigenvalue weighted by Crippen LogP contribution is 2.02. The van der Waals surface area contributed by atoms with Crippen LogP contribution in [0.3, 0.4) is 0 Å². The molecule has 3 heteroatoms. The molecule has 0 amide bonds. The summed E-state index contributed by atoms with van der Waals surface area (Å²) in [6.45, 7) is 0. The van der Waals surface area contributed by atoms with Gasteiger partial charge in [0.15, 0.2) is 0 Å². The molecule has 0 bridgehead atoms. The average Bonchev–Trinajstić information content (AvgIpc) is 2.32. The molecule has 0 saturated carbocycles. The first kappa shape index (κ1) is 15.5. The van der Waals surface area contributed by atoms with Crippen molar-refractivity contribution in [2.45, 2.75) is 38.2 Å². The largest absolute Gasteiger partial charge is 0.469 e. The van der Waals surface area contributed by atoms with Gasteiger partial charge in [0.1, 0.15) is 0 Å². The van der Waals surface area contributed by atoms with Gasteiger partial charge in [0.05, 0.1) is 13.2 Å². The Hall–Kier alpha value is -1.53. The summed E-state index contributed by atoms with van der Waals surface area (Å²) in [7, 11) is 1.40. The molecular formula is C14H20O3. The number of aliphatic hydroxyl groups excluding tert-OH is 1. The third-order valence-corrected chi connectivity index (χ3v) is 2.14. The summed E-state index contributed by atoms with van der Waals surface area (Å²) in [4.78, 5) is 10.8. The van der Waals surface area contributed by atoms with Crippen LogP contribution in [-0.2, 0) is 9.53 Å². The number of esters is 1. The summed E-state index contributed by atoms with van der Waals surface area (Å²) in [5.74, 6) is 2.22. The molecule has 0 rings (SSSR count). The molecular weight excluding hydrogens is 216 g/mol. The molecule has 0 heterocycles. The predicted octanol–water partition coefficient (Wildman–Crippen LogP) is 2.22. The number of carbonyl (C=O) groups is 1. The molecule has 3 nitrogen and oxygen atoms in total. The molecule has 1 atom stereocenters. The van der Waals surface area contributed by atoms with E-state index in [1.807, 2.05) is 12.2 Å². The SMILES string of the molecule is C#CC[C@@H](O)/C=C/C=C/CCCCC(=O)OC. The Morgan fingerprint density at radius 2 is 2.24 bits per heavy atom. The molecule has 0 aromatic carbocycles. The summed E-state index contributed by atoms with van der Waals surface area (Å²) in [6.07, 6.45) is 15.3. The number of terminal acetylenes is 1. The van der Waals surface area contributed by atoms with Gasteiger partial charge in [0, 0.05) is 12.8 Å².